The number of thiocarbonyl (C=S) groups is 2. The molecule has 0 saturated heterocycles. The summed E-state index contributed by atoms with van der Waals surface area (Å²) in [5, 5.41) is 18.1. The summed E-state index contributed by atoms with van der Waals surface area (Å²) in [6.45, 7) is 3.98. The van der Waals surface area contributed by atoms with Crippen molar-refractivity contribution in [2.45, 2.75) is 26.3 Å². The number of nitrogens with two attached hydrogens (primary N) is 1. The normalized spacial score (nSPS) is 9.69. The van der Waals surface area contributed by atoms with Gasteiger partial charge in [-0.2, -0.15) is 0 Å². The van der Waals surface area contributed by atoms with Crippen molar-refractivity contribution in [1.29, 1.82) is 0 Å². The fourth-order valence-corrected chi connectivity index (χ4v) is 0.514. The predicted octanol–water partition coefficient (Wildman–Crippen LogP) is 0.357. The van der Waals surface area contributed by atoms with Crippen molar-refractivity contribution in [2.75, 3.05) is 0 Å². The maximum atomic E-state index is 8.47. The van der Waals surface area contributed by atoms with Gasteiger partial charge in [0.2, 0.25) is 0 Å². The van der Waals surface area contributed by atoms with E-state index in [-0.39, 0.29) is 62.6 Å². The summed E-state index contributed by atoms with van der Waals surface area (Å²) in [4.78, 5) is 0. The Morgan fingerprint density at radius 1 is 1.46 bits per heavy atom. The van der Waals surface area contributed by atoms with Gasteiger partial charge in [0.25, 0.3) is 10.3 Å². The van der Waals surface area contributed by atoms with Crippen LogP contribution in [0.3, 0.4) is 0 Å². The Morgan fingerprint density at radius 2 is 1.77 bits per heavy atom. The fraction of sp³-hybridized carbons (Fsp3) is 0.667. The molecule has 0 aromatic carbocycles. The average Bonchev–Trinajstić information content (AvgIpc) is 1.84. The fourth-order valence-electron chi connectivity index (χ4n) is 0.313. The van der Waals surface area contributed by atoms with Gasteiger partial charge in [-0.25, -0.2) is 0 Å². The van der Waals surface area contributed by atoms with Crippen LogP contribution in [-0.4, -0.2) is 78.0 Å². The first-order chi connectivity index (χ1) is 5.40. The Hall–Kier alpha value is 1.02. The van der Waals surface area contributed by atoms with Gasteiger partial charge in [0, 0.05) is 6.04 Å². The molecule has 4 nitrogen and oxygen atoms in total. The zero-order valence-corrected chi connectivity index (χ0v) is 8.71. The molecule has 0 rings (SSSR count). The van der Waals surface area contributed by atoms with Crippen LogP contribution in [0.25, 0.3) is 0 Å². The van der Waals surface area contributed by atoms with Crippen LogP contribution in [0.1, 0.15) is 20.3 Å². The third-order valence-electron chi connectivity index (χ3n) is 0.982. The van der Waals surface area contributed by atoms with Gasteiger partial charge in [-0.15, -0.1) is 0 Å². The molecule has 0 aliphatic rings. The van der Waals surface area contributed by atoms with Crippen molar-refractivity contribution in [1.82, 2.24) is 5.32 Å². The molecule has 0 bridgehead atoms. The molecule has 7 heteroatoms. The van der Waals surface area contributed by atoms with E-state index in [9.17, 15) is 0 Å². The summed E-state index contributed by atoms with van der Waals surface area (Å²) in [6.07, 6.45) is 0.973. The Labute approximate surface area is 132 Å². The second-order valence-corrected chi connectivity index (χ2v) is 2.90. The Morgan fingerprint density at radius 3 is 1.85 bits per heavy atom. The summed E-state index contributed by atoms with van der Waals surface area (Å²) in [5.74, 6) is 0. The quantitative estimate of drug-likeness (QED) is 0.419. The van der Waals surface area contributed by atoms with E-state index in [2.05, 4.69) is 35.5 Å². The number of hydrogen-bond acceptors (Lipinski definition) is 2. The molecule has 0 aromatic heterocycles. The molecule has 5 N–H and O–H groups in total. The van der Waals surface area contributed by atoms with E-state index in [0.29, 0.717) is 0 Å². The Bertz CT molecular complexity index is 154. The third kappa shape index (κ3) is 32.1. The molecular weight excluding hydrogens is 235 g/mol. The first-order valence-corrected chi connectivity index (χ1v) is 4.19. The van der Waals surface area contributed by atoms with E-state index in [0.717, 1.165) is 6.42 Å². The number of aliphatic hydroxyl groups excluding tert-OH is 2. The molecule has 0 amide bonds. The maximum absolute atomic E-state index is 8.47. The van der Waals surface area contributed by atoms with E-state index in [1.807, 2.05) is 13.8 Å². The van der Waals surface area contributed by atoms with Crippen LogP contribution >= 0.6 is 24.4 Å². The molecule has 0 fully saturated rings. The van der Waals surface area contributed by atoms with Gasteiger partial charge in [0.05, 0.1) is 0 Å². The molecule has 74 valence electrons. The first-order valence-electron chi connectivity index (χ1n) is 3.38. The summed E-state index contributed by atoms with van der Waals surface area (Å²) < 4.78 is 0. The number of rotatable bonds is 2. The third-order valence-corrected chi connectivity index (χ3v) is 1.10. The van der Waals surface area contributed by atoms with Crippen molar-refractivity contribution in [3.63, 3.8) is 0 Å². The van der Waals surface area contributed by atoms with Crippen LogP contribution in [0, 0.1) is 0 Å². The zero-order valence-electron chi connectivity index (χ0n) is 7.07. The van der Waals surface area contributed by atoms with Gasteiger partial charge < -0.3 is 21.3 Å². The number of nitrogens with one attached hydrogen (secondary N) is 1. The molecule has 0 aliphatic heterocycles. The van der Waals surface area contributed by atoms with Gasteiger partial charge in [0.15, 0.2) is 0 Å². The predicted molar refractivity (Wildman–Crippen MR) is 64.7 cm³/mol. The molecule has 0 heterocycles. The second kappa shape index (κ2) is 13.0. The SMILES string of the molecule is CCC(C)NC(O)=S.NC(O)=S.[KH]. The van der Waals surface area contributed by atoms with E-state index in [1.165, 1.54) is 0 Å². The molecule has 1 atom stereocenters. The summed E-state index contributed by atoms with van der Waals surface area (Å²) in [5.41, 5.74) is 4.40. The number of hydrogen-bond donors (Lipinski definition) is 4. The zero-order chi connectivity index (χ0) is 10.1. The van der Waals surface area contributed by atoms with Gasteiger partial charge in [-0.1, -0.05) is 6.92 Å². The van der Waals surface area contributed by atoms with Crippen LogP contribution < -0.4 is 11.1 Å². The number of aliphatic hydroxyl groups is 2. The van der Waals surface area contributed by atoms with Crippen LogP contribution in [0.5, 0.6) is 0 Å². The summed E-state index contributed by atoms with van der Waals surface area (Å²) in [7, 11) is 0. The molecule has 0 spiro atoms. The standard InChI is InChI=1S/C5H11NOS.CH3NOS.K.H/c1-3-4(2)6-5(7)8;2-1(3)4;;/h4H,3H2,1-2H3,(H2,6,7,8);(H3,2,3,4);;. The monoisotopic (exact) mass is 250 g/mol. The van der Waals surface area contributed by atoms with E-state index in [1.54, 1.807) is 0 Å². The molecule has 0 aliphatic carbocycles. The van der Waals surface area contributed by atoms with Crippen LogP contribution in [0.4, 0.5) is 0 Å². The van der Waals surface area contributed by atoms with Gasteiger partial charge in [0.1, 0.15) is 0 Å². The second-order valence-electron chi connectivity index (χ2n) is 2.10. The van der Waals surface area contributed by atoms with E-state index >= 15 is 0 Å². The first kappa shape index (κ1) is 19.6. The molecule has 13 heavy (non-hydrogen) atoms. The van der Waals surface area contributed by atoms with E-state index < -0.39 is 5.17 Å². The van der Waals surface area contributed by atoms with Crippen molar-refractivity contribution in [2.24, 2.45) is 5.73 Å². The van der Waals surface area contributed by atoms with Crippen molar-refractivity contribution < 1.29 is 10.2 Å². The minimum atomic E-state index is -0.500. The van der Waals surface area contributed by atoms with Crippen LogP contribution in [-0.2, 0) is 0 Å². The average molecular weight is 250 g/mol. The Balaban J connectivity index is -0.000000173. The molecule has 1 unspecified atom stereocenters. The van der Waals surface area contributed by atoms with Crippen molar-refractivity contribution in [3.8, 4) is 0 Å². The summed E-state index contributed by atoms with van der Waals surface area (Å²) in [6, 6.07) is 0.285. The van der Waals surface area contributed by atoms with Gasteiger partial charge in [-0.3, -0.25) is 0 Å². The Kier molecular flexibility index (Phi) is 19.6. The summed E-state index contributed by atoms with van der Waals surface area (Å²) >= 11 is 8.25. The van der Waals surface area contributed by atoms with Crippen molar-refractivity contribution in [3.05, 3.63) is 0 Å². The minimum absolute atomic E-state index is 0. The van der Waals surface area contributed by atoms with Crippen LogP contribution in [0.15, 0.2) is 0 Å². The molecule has 0 saturated carbocycles. The van der Waals surface area contributed by atoms with Crippen LogP contribution in [0.2, 0.25) is 0 Å². The van der Waals surface area contributed by atoms with E-state index in [4.69, 9.17) is 10.2 Å². The topological polar surface area (TPSA) is 78.5 Å². The molecule has 0 aromatic rings. The van der Waals surface area contributed by atoms with Crippen molar-refractivity contribution >= 4 is 86.2 Å². The molecule has 0 radical (unpaired) electrons. The molecular formula is C6H15KN2O2S2. The van der Waals surface area contributed by atoms with Gasteiger partial charge >= 0.3 is 51.4 Å². The van der Waals surface area contributed by atoms with Gasteiger partial charge in [-0.05, 0) is 37.8 Å².